The number of nitrogens with zero attached hydrogens (tertiary/aromatic N) is 4. The SMILES string of the molecule is COCCN1CCC2(CCN(C(=O)Cc3n[nH]c(Cc4ccccc4)n3)C2)C1=O. The van der Waals surface area contributed by atoms with Gasteiger partial charge in [0.2, 0.25) is 11.8 Å². The Kier molecular flexibility index (Phi) is 5.62. The standard InChI is InChI=1S/C21H27N5O3/c1-29-12-11-25-9-7-21(20(25)28)8-10-26(15-21)19(27)14-18-22-17(23-24-18)13-16-5-3-2-4-6-16/h2-6H,7-15H2,1H3,(H,22,23,24). The van der Waals surface area contributed by atoms with Crippen molar-refractivity contribution >= 4 is 11.8 Å². The van der Waals surface area contributed by atoms with Gasteiger partial charge < -0.3 is 14.5 Å². The number of benzene rings is 1. The summed E-state index contributed by atoms with van der Waals surface area (Å²) in [5.74, 6) is 1.39. The lowest BCUT2D eigenvalue weighted by Crippen LogP contribution is -2.39. The normalized spacial score (nSPS) is 21.5. The van der Waals surface area contributed by atoms with E-state index in [1.165, 1.54) is 0 Å². The van der Waals surface area contributed by atoms with Crippen LogP contribution in [0.2, 0.25) is 0 Å². The third-order valence-corrected chi connectivity index (χ3v) is 5.97. The number of likely N-dealkylation sites (tertiary alicyclic amines) is 2. The molecule has 1 spiro atoms. The van der Waals surface area contributed by atoms with Crippen LogP contribution < -0.4 is 0 Å². The average Bonchev–Trinajstić information content (AvgIpc) is 3.43. The first-order valence-corrected chi connectivity index (χ1v) is 10.1. The summed E-state index contributed by atoms with van der Waals surface area (Å²) in [6, 6.07) is 10.0. The summed E-state index contributed by atoms with van der Waals surface area (Å²) < 4.78 is 5.09. The monoisotopic (exact) mass is 397 g/mol. The molecule has 1 unspecified atom stereocenters. The molecular formula is C21H27N5O3. The van der Waals surface area contributed by atoms with Gasteiger partial charge in [0.25, 0.3) is 0 Å². The molecule has 0 bridgehead atoms. The van der Waals surface area contributed by atoms with Crippen LogP contribution in [0, 0.1) is 5.41 Å². The zero-order chi connectivity index (χ0) is 20.3. The minimum atomic E-state index is -0.416. The van der Waals surface area contributed by atoms with Crippen molar-refractivity contribution in [2.24, 2.45) is 5.41 Å². The van der Waals surface area contributed by atoms with Crippen LogP contribution in [0.4, 0.5) is 0 Å². The molecular weight excluding hydrogens is 370 g/mol. The van der Waals surface area contributed by atoms with Gasteiger partial charge in [-0.15, -0.1) is 0 Å². The number of rotatable bonds is 7. The number of hydrogen-bond acceptors (Lipinski definition) is 5. The second-order valence-electron chi connectivity index (χ2n) is 7.92. The van der Waals surface area contributed by atoms with E-state index in [2.05, 4.69) is 15.2 Å². The summed E-state index contributed by atoms with van der Waals surface area (Å²) in [6.45, 7) is 3.01. The maximum absolute atomic E-state index is 12.8. The molecule has 2 saturated heterocycles. The summed E-state index contributed by atoms with van der Waals surface area (Å²) in [6.07, 6.45) is 2.35. The van der Waals surface area contributed by atoms with Crippen LogP contribution in [0.1, 0.15) is 30.1 Å². The fourth-order valence-electron chi connectivity index (χ4n) is 4.30. The molecule has 3 heterocycles. The topological polar surface area (TPSA) is 91.4 Å². The molecule has 4 rings (SSSR count). The van der Waals surface area contributed by atoms with Gasteiger partial charge in [-0.1, -0.05) is 30.3 Å². The Labute approximate surface area is 170 Å². The van der Waals surface area contributed by atoms with Crippen LogP contribution in [0.5, 0.6) is 0 Å². The van der Waals surface area contributed by atoms with E-state index in [1.54, 1.807) is 12.0 Å². The number of H-pyrrole nitrogens is 1. The van der Waals surface area contributed by atoms with Gasteiger partial charge in [0.15, 0.2) is 5.82 Å². The summed E-state index contributed by atoms with van der Waals surface area (Å²) >= 11 is 0. The van der Waals surface area contributed by atoms with E-state index in [9.17, 15) is 9.59 Å². The number of aromatic amines is 1. The number of ether oxygens (including phenoxy) is 1. The highest BCUT2D eigenvalue weighted by atomic mass is 16.5. The molecule has 2 fully saturated rings. The highest BCUT2D eigenvalue weighted by molar-refractivity contribution is 5.87. The first-order valence-electron chi connectivity index (χ1n) is 10.1. The molecule has 1 aromatic heterocycles. The first-order chi connectivity index (χ1) is 14.1. The predicted octanol–water partition coefficient (Wildman–Crippen LogP) is 1.04. The molecule has 0 aliphatic carbocycles. The van der Waals surface area contributed by atoms with Gasteiger partial charge in [-0.3, -0.25) is 14.7 Å². The molecule has 8 heteroatoms. The molecule has 0 saturated carbocycles. The summed E-state index contributed by atoms with van der Waals surface area (Å²) in [7, 11) is 1.64. The van der Waals surface area contributed by atoms with Crippen LogP contribution in [0.15, 0.2) is 30.3 Å². The van der Waals surface area contributed by atoms with Gasteiger partial charge in [0.1, 0.15) is 5.82 Å². The van der Waals surface area contributed by atoms with Crippen molar-refractivity contribution in [2.75, 3.05) is 39.9 Å². The molecule has 2 aliphatic heterocycles. The van der Waals surface area contributed by atoms with Gasteiger partial charge >= 0.3 is 0 Å². The predicted molar refractivity (Wildman–Crippen MR) is 106 cm³/mol. The van der Waals surface area contributed by atoms with Crippen LogP contribution in [-0.4, -0.2) is 76.7 Å². The molecule has 2 amide bonds. The Morgan fingerprint density at radius 1 is 1.24 bits per heavy atom. The quantitative estimate of drug-likeness (QED) is 0.754. The summed E-state index contributed by atoms with van der Waals surface area (Å²) in [5, 5.41) is 7.13. The van der Waals surface area contributed by atoms with Crippen LogP contribution in [0.3, 0.4) is 0 Å². The second-order valence-corrected chi connectivity index (χ2v) is 7.92. The number of amides is 2. The summed E-state index contributed by atoms with van der Waals surface area (Å²) in [5.41, 5.74) is 0.724. The van der Waals surface area contributed by atoms with E-state index in [1.807, 2.05) is 35.2 Å². The zero-order valence-corrected chi connectivity index (χ0v) is 16.8. The third kappa shape index (κ3) is 4.17. The molecule has 2 aromatic rings. The van der Waals surface area contributed by atoms with Crippen molar-refractivity contribution in [1.82, 2.24) is 25.0 Å². The Balaban J connectivity index is 1.33. The lowest BCUT2D eigenvalue weighted by Gasteiger charge is -2.23. The molecule has 2 aliphatic rings. The molecule has 1 N–H and O–H groups in total. The molecule has 1 aromatic carbocycles. The van der Waals surface area contributed by atoms with Crippen molar-refractivity contribution in [3.8, 4) is 0 Å². The van der Waals surface area contributed by atoms with Gasteiger partial charge in [0.05, 0.1) is 18.4 Å². The van der Waals surface area contributed by atoms with E-state index in [0.29, 0.717) is 38.5 Å². The Morgan fingerprint density at radius 2 is 2.03 bits per heavy atom. The number of nitrogens with one attached hydrogen (secondary N) is 1. The minimum Gasteiger partial charge on any atom is -0.383 e. The van der Waals surface area contributed by atoms with Crippen molar-refractivity contribution in [2.45, 2.75) is 25.7 Å². The maximum Gasteiger partial charge on any atom is 0.230 e. The van der Waals surface area contributed by atoms with Crippen molar-refractivity contribution in [1.29, 1.82) is 0 Å². The second kappa shape index (κ2) is 8.32. The fourth-order valence-corrected chi connectivity index (χ4v) is 4.30. The zero-order valence-electron chi connectivity index (χ0n) is 16.8. The minimum absolute atomic E-state index is 0.0183. The molecule has 29 heavy (non-hydrogen) atoms. The molecule has 8 nitrogen and oxygen atoms in total. The highest BCUT2D eigenvalue weighted by Crippen LogP contribution is 2.40. The average molecular weight is 397 g/mol. The van der Waals surface area contributed by atoms with Gasteiger partial charge in [0, 0.05) is 39.7 Å². The number of methoxy groups -OCH3 is 1. The lowest BCUT2D eigenvalue weighted by atomic mass is 9.85. The highest BCUT2D eigenvalue weighted by Gasteiger charge is 2.51. The van der Waals surface area contributed by atoms with E-state index in [-0.39, 0.29) is 18.2 Å². The lowest BCUT2D eigenvalue weighted by molar-refractivity contribution is -0.136. The van der Waals surface area contributed by atoms with Crippen molar-refractivity contribution < 1.29 is 14.3 Å². The van der Waals surface area contributed by atoms with Gasteiger partial charge in [-0.2, -0.15) is 5.10 Å². The van der Waals surface area contributed by atoms with Crippen LogP contribution in [-0.2, 0) is 27.2 Å². The van der Waals surface area contributed by atoms with Crippen molar-refractivity contribution in [3.05, 3.63) is 47.5 Å². The summed E-state index contributed by atoms with van der Waals surface area (Å²) in [4.78, 5) is 33.7. The van der Waals surface area contributed by atoms with E-state index >= 15 is 0 Å². The number of aromatic nitrogens is 3. The number of carbonyl (C=O) groups excluding carboxylic acids is 2. The maximum atomic E-state index is 12.8. The van der Waals surface area contributed by atoms with Gasteiger partial charge in [-0.25, -0.2) is 4.98 Å². The molecule has 154 valence electrons. The van der Waals surface area contributed by atoms with Crippen molar-refractivity contribution in [3.63, 3.8) is 0 Å². The Hall–Kier alpha value is -2.74. The van der Waals surface area contributed by atoms with Crippen LogP contribution in [0.25, 0.3) is 0 Å². The molecule has 1 atom stereocenters. The van der Waals surface area contributed by atoms with Gasteiger partial charge in [-0.05, 0) is 18.4 Å². The smallest absolute Gasteiger partial charge is 0.230 e. The van der Waals surface area contributed by atoms with E-state index in [0.717, 1.165) is 30.8 Å². The Bertz CT molecular complexity index is 868. The third-order valence-electron chi connectivity index (χ3n) is 5.97. The van der Waals surface area contributed by atoms with Crippen LogP contribution >= 0.6 is 0 Å². The van der Waals surface area contributed by atoms with E-state index in [4.69, 9.17) is 4.74 Å². The largest absolute Gasteiger partial charge is 0.383 e. The fraction of sp³-hybridized carbons (Fsp3) is 0.524. The first kappa shape index (κ1) is 19.6. The Morgan fingerprint density at radius 3 is 2.83 bits per heavy atom. The number of carbonyl (C=O) groups is 2. The number of hydrogen-bond donors (Lipinski definition) is 1. The molecule has 0 radical (unpaired) electrons. The van der Waals surface area contributed by atoms with E-state index < -0.39 is 5.41 Å².